The van der Waals surface area contributed by atoms with E-state index in [0.29, 0.717) is 25.1 Å². The molecule has 0 bridgehead atoms. The highest BCUT2D eigenvalue weighted by atomic mass is 16.5. The number of carbonyl (C=O) groups is 3. The van der Waals surface area contributed by atoms with Crippen LogP contribution >= 0.6 is 0 Å². The molecule has 2 N–H and O–H groups in total. The van der Waals surface area contributed by atoms with E-state index >= 15 is 0 Å². The van der Waals surface area contributed by atoms with Crippen molar-refractivity contribution in [3.05, 3.63) is 53.1 Å². The average Bonchev–Trinajstić information content (AvgIpc) is 3.40. The highest BCUT2D eigenvalue weighted by Crippen LogP contribution is 2.35. The summed E-state index contributed by atoms with van der Waals surface area (Å²) in [5, 5.41) is 5.46. The fourth-order valence-corrected chi connectivity index (χ4v) is 4.14. The molecule has 0 unspecified atom stereocenters. The predicted molar refractivity (Wildman–Crippen MR) is 124 cm³/mol. The first-order valence-corrected chi connectivity index (χ1v) is 11.3. The average molecular weight is 452 g/mol. The van der Waals surface area contributed by atoms with Crippen LogP contribution in [0.3, 0.4) is 0 Å². The van der Waals surface area contributed by atoms with Gasteiger partial charge in [0.1, 0.15) is 17.6 Å². The minimum absolute atomic E-state index is 0.0980. The van der Waals surface area contributed by atoms with E-state index in [9.17, 15) is 14.4 Å². The molecule has 0 aliphatic carbocycles. The Kier molecular flexibility index (Phi) is 6.82. The number of rotatable bonds is 8. The number of hydrogen-bond acceptors (Lipinski definition) is 5. The maximum Gasteiger partial charge on any atom is 0.251 e. The highest BCUT2D eigenvalue weighted by Gasteiger charge is 2.23. The van der Waals surface area contributed by atoms with Gasteiger partial charge in [0.2, 0.25) is 11.8 Å². The molecule has 2 heterocycles. The molecule has 174 valence electrons. The van der Waals surface area contributed by atoms with Gasteiger partial charge in [-0.25, -0.2) is 0 Å². The number of amides is 3. The molecule has 0 spiro atoms. The predicted octanol–water partition coefficient (Wildman–Crippen LogP) is 2.58. The Morgan fingerprint density at radius 3 is 2.67 bits per heavy atom. The molecule has 1 atom stereocenters. The topological polar surface area (TPSA) is 97.0 Å². The minimum Gasteiger partial charge on any atom is -0.494 e. The Balaban J connectivity index is 1.29. The summed E-state index contributed by atoms with van der Waals surface area (Å²) in [4.78, 5) is 38.3. The van der Waals surface area contributed by atoms with Crippen molar-refractivity contribution in [3.8, 4) is 11.5 Å². The molecule has 33 heavy (non-hydrogen) atoms. The van der Waals surface area contributed by atoms with E-state index < -0.39 is 0 Å². The van der Waals surface area contributed by atoms with Crippen LogP contribution in [0, 0.1) is 0 Å². The van der Waals surface area contributed by atoms with Crippen LogP contribution in [0.2, 0.25) is 0 Å². The molecule has 8 nitrogen and oxygen atoms in total. The van der Waals surface area contributed by atoms with Gasteiger partial charge >= 0.3 is 0 Å². The van der Waals surface area contributed by atoms with Crippen molar-refractivity contribution in [1.29, 1.82) is 0 Å². The summed E-state index contributed by atoms with van der Waals surface area (Å²) in [5.41, 5.74) is 3.15. The van der Waals surface area contributed by atoms with E-state index in [2.05, 4.69) is 10.6 Å². The highest BCUT2D eigenvalue weighted by molar-refractivity contribution is 5.98. The number of benzene rings is 2. The smallest absolute Gasteiger partial charge is 0.251 e. The van der Waals surface area contributed by atoms with Gasteiger partial charge in [-0.1, -0.05) is 0 Å². The van der Waals surface area contributed by atoms with Gasteiger partial charge < -0.3 is 25.0 Å². The number of hydrogen-bond donors (Lipinski definition) is 2. The summed E-state index contributed by atoms with van der Waals surface area (Å²) >= 11 is 0. The van der Waals surface area contributed by atoms with Gasteiger partial charge in [0, 0.05) is 48.3 Å². The lowest BCUT2D eigenvalue weighted by Gasteiger charge is -2.16. The molecule has 0 radical (unpaired) electrons. The number of ether oxygens (including phenoxy) is 2. The van der Waals surface area contributed by atoms with Gasteiger partial charge in [-0.3, -0.25) is 14.4 Å². The Labute approximate surface area is 193 Å². The van der Waals surface area contributed by atoms with Crippen LogP contribution in [0.15, 0.2) is 36.4 Å². The third-order valence-electron chi connectivity index (χ3n) is 5.78. The fourth-order valence-electron chi connectivity index (χ4n) is 4.14. The summed E-state index contributed by atoms with van der Waals surface area (Å²) in [7, 11) is 0. The normalized spacial score (nSPS) is 16.8. The van der Waals surface area contributed by atoms with Gasteiger partial charge in [-0.15, -0.1) is 0 Å². The van der Waals surface area contributed by atoms with Crippen molar-refractivity contribution >= 4 is 23.4 Å². The second kappa shape index (κ2) is 9.94. The number of anilines is 1. The van der Waals surface area contributed by atoms with Crippen molar-refractivity contribution in [3.63, 3.8) is 0 Å². The van der Waals surface area contributed by atoms with Gasteiger partial charge in [-0.05, 0) is 56.7 Å². The standard InChI is InChI=1S/C25H29N3O5/c1-3-32-21-12-18-11-16(2)33-22(18)13-19(21)14-26-23(29)15-27-25(31)17-6-8-20(9-7-17)28-10-4-5-24(28)30/h6-9,12-13,16H,3-5,10-11,14-15H2,1-2H3,(H,26,29)(H,27,31)/t16-/m1/s1. The molecule has 0 saturated carbocycles. The summed E-state index contributed by atoms with van der Waals surface area (Å²) < 4.78 is 11.6. The first-order chi connectivity index (χ1) is 15.9. The van der Waals surface area contributed by atoms with E-state index in [1.807, 2.05) is 26.0 Å². The monoisotopic (exact) mass is 451 g/mol. The van der Waals surface area contributed by atoms with Crippen molar-refractivity contribution in [1.82, 2.24) is 10.6 Å². The molecule has 4 rings (SSSR count). The molecule has 8 heteroatoms. The van der Waals surface area contributed by atoms with E-state index in [0.717, 1.165) is 41.2 Å². The zero-order valence-corrected chi connectivity index (χ0v) is 19.0. The van der Waals surface area contributed by atoms with Crippen LogP contribution in [0.5, 0.6) is 11.5 Å². The van der Waals surface area contributed by atoms with Gasteiger partial charge in [0.15, 0.2) is 0 Å². The van der Waals surface area contributed by atoms with Crippen LogP contribution in [0.25, 0.3) is 0 Å². The fraction of sp³-hybridized carbons (Fsp3) is 0.400. The largest absolute Gasteiger partial charge is 0.494 e. The summed E-state index contributed by atoms with van der Waals surface area (Å²) in [6.45, 7) is 5.28. The van der Waals surface area contributed by atoms with E-state index in [-0.39, 0.29) is 36.9 Å². The summed E-state index contributed by atoms with van der Waals surface area (Å²) in [6.07, 6.45) is 2.36. The molecule has 1 saturated heterocycles. The number of fused-ring (bicyclic) bond motifs is 1. The van der Waals surface area contributed by atoms with Crippen LogP contribution < -0.4 is 25.0 Å². The molecule has 3 amide bonds. The lowest BCUT2D eigenvalue weighted by atomic mass is 10.1. The maximum absolute atomic E-state index is 12.4. The quantitative estimate of drug-likeness (QED) is 0.643. The first kappa shape index (κ1) is 22.6. The Morgan fingerprint density at radius 1 is 1.18 bits per heavy atom. The second-order valence-electron chi connectivity index (χ2n) is 8.29. The Bertz CT molecular complexity index is 1050. The molecule has 2 aromatic rings. The second-order valence-corrected chi connectivity index (χ2v) is 8.29. The molecular formula is C25H29N3O5. The lowest BCUT2D eigenvalue weighted by Crippen LogP contribution is -2.36. The molecule has 2 aromatic carbocycles. The molecular weight excluding hydrogens is 422 g/mol. The molecule has 0 aromatic heterocycles. The van der Waals surface area contributed by atoms with Crippen molar-refractivity contribution < 1.29 is 23.9 Å². The Morgan fingerprint density at radius 2 is 1.97 bits per heavy atom. The van der Waals surface area contributed by atoms with E-state index in [1.54, 1.807) is 29.2 Å². The first-order valence-electron chi connectivity index (χ1n) is 11.3. The number of nitrogens with zero attached hydrogens (tertiary/aromatic N) is 1. The SMILES string of the molecule is CCOc1cc2c(cc1CNC(=O)CNC(=O)c1ccc(N3CCCC3=O)cc1)O[C@H](C)C2. The van der Waals surface area contributed by atoms with E-state index in [1.165, 1.54) is 0 Å². The molecule has 1 fully saturated rings. The molecule has 2 aliphatic heterocycles. The zero-order chi connectivity index (χ0) is 23.4. The maximum atomic E-state index is 12.4. The Hall–Kier alpha value is -3.55. The van der Waals surface area contributed by atoms with Crippen LogP contribution in [0.1, 0.15) is 48.2 Å². The van der Waals surface area contributed by atoms with Crippen LogP contribution in [0.4, 0.5) is 5.69 Å². The molecule has 2 aliphatic rings. The van der Waals surface area contributed by atoms with Crippen LogP contribution in [-0.4, -0.2) is 43.5 Å². The summed E-state index contributed by atoms with van der Waals surface area (Å²) in [5.74, 6) is 0.998. The summed E-state index contributed by atoms with van der Waals surface area (Å²) in [6, 6.07) is 10.7. The third-order valence-corrected chi connectivity index (χ3v) is 5.78. The number of carbonyl (C=O) groups excluding carboxylic acids is 3. The van der Waals surface area contributed by atoms with Gasteiger partial charge in [0.25, 0.3) is 5.91 Å². The minimum atomic E-state index is -0.348. The van der Waals surface area contributed by atoms with Crippen LogP contribution in [-0.2, 0) is 22.6 Å². The van der Waals surface area contributed by atoms with Gasteiger partial charge in [-0.2, -0.15) is 0 Å². The van der Waals surface area contributed by atoms with Gasteiger partial charge in [0.05, 0.1) is 13.2 Å². The van der Waals surface area contributed by atoms with Crippen molar-refractivity contribution in [2.75, 3.05) is 24.6 Å². The van der Waals surface area contributed by atoms with E-state index in [4.69, 9.17) is 9.47 Å². The van der Waals surface area contributed by atoms with Crippen molar-refractivity contribution in [2.45, 2.75) is 45.8 Å². The third kappa shape index (κ3) is 5.27. The number of nitrogens with one attached hydrogen (secondary N) is 2. The lowest BCUT2D eigenvalue weighted by molar-refractivity contribution is -0.120. The van der Waals surface area contributed by atoms with Crippen molar-refractivity contribution in [2.24, 2.45) is 0 Å². The zero-order valence-electron chi connectivity index (χ0n) is 19.0.